The van der Waals surface area contributed by atoms with Crippen LogP contribution in [0.1, 0.15) is 25.0 Å². The molecule has 5 nitrogen and oxygen atoms in total. The summed E-state index contributed by atoms with van der Waals surface area (Å²) in [6.07, 6.45) is -2.59. The Labute approximate surface area is 99.8 Å². The lowest BCUT2D eigenvalue weighted by Crippen LogP contribution is -2.25. The zero-order chi connectivity index (χ0) is 12.8. The Morgan fingerprint density at radius 2 is 1.94 bits per heavy atom. The first-order valence-corrected chi connectivity index (χ1v) is 5.41. The molecule has 0 spiro atoms. The predicted octanol–water partition coefficient (Wildman–Crippen LogP) is 0.355. The number of hydrogen-bond acceptors (Lipinski definition) is 4. The van der Waals surface area contributed by atoms with E-state index in [-0.39, 0.29) is 6.42 Å². The number of carbonyl (C=O) groups is 1. The highest BCUT2D eigenvalue weighted by molar-refractivity contribution is 5.74. The van der Waals surface area contributed by atoms with Crippen LogP contribution < -0.4 is 10.5 Å². The predicted molar refractivity (Wildman–Crippen MR) is 62.4 cm³/mol. The Hall–Kier alpha value is -1.59. The van der Waals surface area contributed by atoms with Crippen molar-refractivity contribution in [1.29, 1.82) is 0 Å². The van der Waals surface area contributed by atoms with Crippen molar-refractivity contribution in [3.05, 3.63) is 29.8 Å². The Morgan fingerprint density at radius 3 is 2.41 bits per heavy atom. The first-order chi connectivity index (χ1) is 8.04. The van der Waals surface area contributed by atoms with Crippen LogP contribution in [0.5, 0.6) is 5.75 Å². The van der Waals surface area contributed by atoms with E-state index in [0.717, 1.165) is 0 Å². The summed E-state index contributed by atoms with van der Waals surface area (Å²) in [5.41, 5.74) is 5.46. The smallest absolute Gasteiger partial charge is 0.220 e. The number of nitrogens with two attached hydrogens (primary N) is 1. The molecule has 0 aliphatic heterocycles. The molecular weight excluding hydrogens is 222 g/mol. The van der Waals surface area contributed by atoms with Gasteiger partial charge in [0.2, 0.25) is 5.91 Å². The molecule has 0 radical (unpaired) electrons. The Morgan fingerprint density at radius 1 is 1.35 bits per heavy atom. The average molecular weight is 239 g/mol. The minimum absolute atomic E-state index is 0.269. The van der Waals surface area contributed by atoms with Gasteiger partial charge in [-0.1, -0.05) is 12.1 Å². The molecule has 2 unspecified atom stereocenters. The van der Waals surface area contributed by atoms with Crippen molar-refractivity contribution in [2.75, 3.05) is 6.61 Å². The molecule has 0 saturated carbocycles. The fourth-order valence-corrected chi connectivity index (χ4v) is 1.47. The first-order valence-electron chi connectivity index (χ1n) is 5.41. The molecule has 0 bridgehead atoms. The van der Waals surface area contributed by atoms with Crippen molar-refractivity contribution in [3.63, 3.8) is 0 Å². The van der Waals surface area contributed by atoms with E-state index < -0.39 is 18.1 Å². The molecule has 0 aromatic heterocycles. The Balaban J connectivity index is 2.68. The Bertz CT molecular complexity index is 363. The van der Waals surface area contributed by atoms with Gasteiger partial charge in [-0.05, 0) is 24.6 Å². The minimum atomic E-state index is -1.19. The van der Waals surface area contributed by atoms with Crippen LogP contribution in [0.4, 0.5) is 0 Å². The molecular formula is C12H17NO4. The Kier molecular flexibility index (Phi) is 4.93. The van der Waals surface area contributed by atoms with E-state index in [1.165, 1.54) is 0 Å². The van der Waals surface area contributed by atoms with Crippen LogP contribution in [0.15, 0.2) is 24.3 Å². The third kappa shape index (κ3) is 4.05. The van der Waals surface area contributed by atoms with E-state index >= 15 is 0 Å². The van der Waals surface area contributed by atoms with Gasteiger partial charge in [-0.2, -0.15) is 0 Å². The molecule has 5 heteroatoms. The fraction of sp³-hybridized carbons (Fsp3) is 0.417. The summed E-state index contributed by atoms with van der Waals surface area (Å²) >= 11 is 0. The van der Waals surface area contributed by atoms with Gasteiger partial charge in [0.05, 0.1) is 19.1 Å². The number of aliphatic hydroxyl groups is 2. The second-order valence-corrected chi connectivity index (χ2v) is 3.68. The number of carbonyl (C=O) groups excluding carboxylic acids is 1. The lowest BCUT2D eigenvalue weighted by Gasteiger charge is -2.17. The number of aliphatic hydroxyl groups excluding tert-OH is 2. The molecule has 17 heavy (non-hydrogen) atoms. The van der Waals surface area contributed by atoms with E-state index in [0.29, 0.717) is 17.9 Å². The largest absolute Gasteiger partial charge is 0.494 e. The SMILES string of the molecule is CCOc1ccc(C(O)C(O)CC(N)=O)cc1. The number of rotatable bonds is 6. The maximum Gasteiger partial charge on any atom is 0.220 e. The summed E-state index contributed by atoms with van der Waals surface area (Å²) in [4.78, 5) is 10.6. The number of benzene rings is 1. The van der Waals surface area contributed by atoms with Gasteiger partial charge >= 0.3 is 0 Å². The second-order valence-electron chi connectivity index (χ2n) is 3.68. The molecule has 1 aromatic carbocycles. The standard InChI is InChI=1S/C12H17NO4/c1-2-17-9-5-3-8(4-6-9)12(16)10(14)7-11(13)15/h3-6,10,12,14,16H,2,7H2,1H3,(H2,13,15). The summed E-state index contributed by atoms with van der Waals surface area (Å²) in [6, 6.07) is 6.66. The number of amides is 1. The maximum absolute atomic E-state index is 10.6. The topological polar surface area (TPSA) is 92.8 Å². The molecule has 2 atom stereocenters. The monoisotopic (exact) mass is 239 g/mol. The number of ether oxygens (including phenoxy) is 1. The molecule has 1 amide bonds. The van der Waals surface area contributed by atoms with Crippen LogP contribution in [0.2, 0.25) is 0 Å². The normalized spacial score (nSPS) is 14.1. The fourth-order valence-electron chi connectivity index (χ4n) is 1.47. The van der Waals surface area contributed by atoms with Gasteiger partial charge in [-0.15, -0.1) is 0 Å². The lowest BCUT2D eigenvalue weighted by molar-refractivity contribution is -0.121. The van der Waals surface area contributed by atoms with Crippen LogP contribution in [0.25, 0.3) is 0 Å². The van der Waals surface area contributed by atoms with Gasteiger partial charge in [0.15, 0.2) is 0 Å². The highest BCUT2D eigenvalue weighted by atomic mass is 16.5. The van der Waals surface area contributed by atoms with E-state index in [1.54, 1.807) is 24.3 Å². The van der Waals surface area contributed by atoms with E-state index in [1.807, 2.05) is 6.92 Å². The van der Waals surface area contributed by atoms with Gasteiger partial charge in [0, 0.05) is 0 Å². The number of primary amides is 1. The van der Waals surface area contributed by atoms with Crippen LogP contribution in [-0.2, 0) is 4.79 Å². The summed E-state index contributed by atoms with van der Waals surface area (Å²) in [7, 11) is 0. The van der Waals surface area contributed by atoms with Gasteiger partial charge in [0.25, 0.3) is 0 Å². The van der Waals surface area contributed by atoms with Gasteiger partial charge < -0.3 is 20.7 Å². The van der Waals surface area contributed by atoms with E-state index in [4.69, 9.17) is 10.5 Å². The van der Waals surface area contributed by atoms with Gasteiger partial charge in [-0.3, -0.25) is 4.79 Å². The zero-order valence-corrected chi connectivity index (χ0v) is 9.67. The first kappa shape index (κ1) is 13.5. The zero-order valence-electron chi connectivity index (χ0n) is 9.67. The van der Waals surface area contributed by atoms with Crippen LogP contribution in [-0.4, -0.2) is 28.8 Å². The third-order valence-electron chi connectivity index (χ3n) is 2.31. The van der Waals surface area contributed by atoms with Crippen LogP contribution in [0, 0.1) is 0 Å². The van der Waals surface area contributed by atoms with Crippen molar-refractivity contribution in [2.45, 2.75) is 25.6 Å². The molecule has 0 aliphatic carbocycles. The molecule has 0 aliphatic rings. The summed E-state index contributed by atoms with van der Waals surface area (Å²) in [6.45, 7) is 2.44. The maximum atomic E-state index is 10.6. The van der Waals surface area contributed by atoms with Crippen molar-refractivity contribution in [3.8, 4) is 5.75 Å². The van der Waals surface area contributed by atoms with Crippen molar-refractivity contribution >= 4 is 5.91 Å². The van der Waals surface area contributed by atoms with Crippen LogP contribution >= 0.6 is 0 Å². The molecule has 1 rings (SSSR count). The van der Waals surface area contributed by atoms with E-state index in [9.17, 15) is 15.0 Å². The molecule has 0 heterocycles. The summed E-state index contributed by atoms with van der Waals surface area (Å²) in [5.74, 6) is 0.0373. The van der Waals surface area contributed by atoms with Crippen molar-refractivity contribution in [2.24, 2.45) is 5.73 Å². The molecule has 0 fully saturated rings. The van der Waals surface area contributed by atoms with Crippen molar-refractivity contribution in [1.82, 2.24) is 0 Å². The second kappa shape index (κ2) is 6.22. The quantitative estimate of drug-likeness (QED) is 0.668. The highest BCUT2D eigenvalue weighted by Crippen LogP contribution is 2.21. The third-order valence-corrected chi connectivity index (χ3v) is 2.31. The van der Waals surface area contributed by atoms with Gasteiger partial charge in [-0.25, -0.2) is 0 Å². The van der Waals surface area contributed by atoms with Crippen LogP contribution in [0.3, 0.4) is 0 Å². The molecule has 94 valence electrons. The molecule has 0 saturated heterocycles. The van der Waals surface area contributed by atoms with E-state index in [2.05, 4.69) is 0 Å². The molecule has 1 aromatic rings. The van der Waals surface area contributed by atoms with Crippen molar-refractivity contribution < 1.29 is 19.7 Å². The number of hydrogen-bond donors (Lipinski definition) is 3. The lowest BCUT2D eigenvalue weighted by atomic mass is 10.0. The molecule has 4 N–H and O–H groups in total. The summed E-state index contributed by atoms with van der Waals surface area (Å²) < 4.78 is 5.25. The minimum Gasteiger partial charge on any atom is -0.494 e. The van der Waals surface area contributed by atoms with Gasteiger partial charge in [0.1, 0.15) is 11.9 Å². The highest BCUT2D eigenvalue weighted by Gasteiger charge is 2.20. The average Bonchev–Trinajstić information content (AvgIpc) is 2.28. The summed E-state index contributed by atoms with van der Waals surface area (Å²) in [5, 5.41) is 19.3.